The topological polar surface area (TPSA) is 86.9 Å². The van der Waals surface area contributed by atoms with Crippen molar-refractivity contribution in [2.24, 2.45) is 0 Å². The van der Waals surface area contributed by atoms with Gasteiger partial charge < -0.3 is 5.11 Å². The number of carbonyl (C=O) groups is 1. The summed E-state index contributed by atoms with van der Waals surface area (Å²) in [6.45, 7) is 3.31. The first kappa shape index (κ1) is 13.7. The molecule has 1 heterocycles. The summed E-state index contributed by atoms with van der Waals surface area (Å²) in [6.07, 6.45) is 2.96. The largest absolute Gasteiger partial charge is 0.481 e. The minimum absolute atomic E-state index is 0.248. The lowest BCUT2D eigenvalue weighted by Gasteiger charge is -2.19. The second-order valence-corrected chi connectivity index (χ2v) is 4.91. The molecule has 1 aromatic carbocycles. The highest BCUT2D eigenvalue weighted by atomic mass is 16.4. The predicted octanol–water partition coefficient (Wildman–Crippen LogP) is 2.38. The van der Waals surface area contributed by atoms with Gasteiger partial charge in [0.15, 0.2) is 5.69 Å². The maximum absolute atomic E-state index is 11.2. The van der Waals surface area contributed by atoms with Crippen LogP contribution in [0, 0.1) is 11.3 Å². The van der Waals surface area contributed by atoms with Crippen LogP contribution in [0.4, 0.5) is 0 Å². The molecule has 0 aliphatic carbocycles. The van der Waals surface area contributed by atoms with E-state index in [9.17, 15) is 9.90 Å². The van der Waals surface area contributed by atoms with E-state index in [1.807, 2.05) is 6.07 Å². The Hall–Kier alpha value is -2.74. The molecule has 1 aromatic heterocycles. The van der Waals surface area contributed by atoms with Gasteiger partial charge in [-0.1, -0.05) is 24.3 Å². The van der Waals surface area contributed by atoms with Crippen LogP contribution in [0.15, 0.2) is 36.7 Å². The van der Waals surface area contributed by atoms with Crippen molar-refractivity contribution in [1.82, 2.24) is 9.97 Å². The summed E-state index contributed by atoms with van der Waals surface area (Å²) in [5.74, 6) is -0.878. The van der Waals surface area contributed by atoms with Crippen LogP contribution in [0.1, 0.15) is 25.1 Å². The average Bonchev–Trinajstić information content (AvgIpc) is 2.47. The number of benzene rings is 1. The number of aliphatic carboxylic acids is 1. The first-order valence-electron chi connectivity index (χ1n) is 6.01. The molecule has 0 saturated heterocycles. The molecule has 0 aliphatic rings. The Kier molecular flexibility index (Phi) is 3.49. The normalized spacial score (nSPS) is 10.8. The minimum Gasteiger partial charge on any atom is -0.481 e. The minimum atomic E-state index is -0.946. The van der Waals surface area contributed by atoms with E-state index in [0.29, 0.717) is 11.3 Å². The van der Waals surface area contributed by atoms with Crippen LogP contribution in [0.5, 0.6) is 0 Å². The van der Waals surface area contributed by atoms with Gasteiger partial charge in [0.05, 0.1) is 23.5 Å². The lowest BCUT2D eigenvalue weighted by Crippen LogP contribution is -2.28. The van der Waals surface area contributed by atoms with Gasteiger partial charge in [-0.15, -0.1) is 0 Å². The van der Waals surface area contributed by atoms with Crippen LogP contribution < -0.4 is 0 Å². The summed E-state index contributed by atoms with van der Waals surface area (Å²) in [5.41, 5.74) is 1.39. The van der Waals surface area contributed by atoms with E-state index in [2.05, 4.69) is 9.97 Å². The summed E-state index contributed by atoms with van der Waals surface area (Å²) in [6, 6.07) is 9.01. The molecule has 5 nitrogen and oxygen atoms in total. The van der Waals surface area contributed by atoms with E-state index < -0.39 is 11.4 Å². The van der Waals surface area contributed by atoms with E-state index in [1.165, 1.54) is 6.20 Å². The van der Waals surface area contributed by atoms with Gasteiger partial charge in [0, 0.05) is 5.56 Å². The van der Waals surface area contributed by atoms with Gasteiger partial charge in [-0.3, -0.25) is 9.78 Å². The lowest BCUT2D eigenvalue weighted by molar-refractivity contribution is -0.142. The molecule has 20 heavy (non-hydrogen) atoms. The molecule has 0 amide bonds. The second kappa shape index (κ2) is 5.10. The number of carboxylic acids is 1. The summed E-state index contributed by atoms with van der Waals surface area (Å²) in [5, 5.41) is 18.0. The van der Waals surface area contributed by atoms with Gasteiger partial charge in [-0.05, 0) is 19.4 Å². The van der Waals surface area contributed by atoms with Crippen molar-refractivity contribution in [2.45, 2.75) is 19.3 Å². The van der Waals surface area contributed by atoms with E-state index in [-0.39, 0.29) is 5.69 Å². The Balaban J connectivity index is 2.38. The highest BCUT2D eigenvalue weighted by Crippen LogP contribution is 2.26. The molecule has 0 unspecified atom stereocenters. The Morgan fingerprint density at radius 1 is 1.25 bits per heavy atom. The van der Waals surface area contributed by atoms with Crippen LogP contribution in [0.2, 0.25) is 0 Å². The number of hydrogen-bond acceptors (Lipinski definition) is 4. The number of nitrogens with zero attached hydrogens (tertiary/aromatic N) is 3. The second-order valence-electron chi connectivity index (χ2n) is 4.91. The van der Waals surface area contributed by atoms with Gasteiger partial charge in [-0.2, -0.15) is 5.26 Å². The third kappa shape index (κ3) is 2.50. The van der Waals surface area contributed by atoms with E-state index in [1.54, 1.807) is 44.3 Å². The number of aromatic nitrogens is 2. The van der Waals surface area contributed by atoms with Crippen molar-refractivity contribution in [3.05, 3.63) is 47.9 Å². The Morgan fingerprint density at radius 3 is 2.45 bits per heavy atom. The maximum atomic E-state index is 11.2. The van der Waals surface area contributed by atoms with Gasteiger partial charge in [-0.25, -0.2) is 4.98 Å². The molecule has 0 fully saturated rings. The zero-order valence-corrected chi connectivity index (χ0v) is 11.2. The van der Waals surface area contributed by atoms with Crippen LogP contribution in [0.25, 0.3) is 11.3 Å². The Morgan fingerprint density at radius 2 is 1.90 bits per heavy atom. The predicted molar refractivity (Wildman–Crippen MR) is 72.8 cm³/mol. The molecule has 100 valence electrons. The van der Waals surface area contributed by atoms with E-state index >= 15 is 0 Å². The Labute approximate surface area is 116 Å². The van der Waals surface area contributed by atoms with Crippen molar-refractivity contribution in [2.75, 3.05) is 0 Å². The molecule has 2 rings (SSSR count). The maximum Gasteiger partial charge on any atom is 0.313 e. The fraction of sp³-hybridized carbons (Fsp3) is 0.200. The first-order chi connectivity index (χ1) is 9.45. The molecule has 1 N–H and O–H groups in total. The summed E-state index contributed by atoms with van der Waals surface area (Å²) in [7, 11) is 0. The fourth-order valence-electron chi connectivity index (χ4n) is 1.74. The number of hydrogen-bond donors (Lipinski definition) is 1. The number of rotatable bonds is 3. The third-order valence-corrected chi connectivity index (χ3v) is 3.19. The standard InChI is InChI=1S/C15H13N3O2/c1-15(2,14(19)20)11-5-3-10(4-6-11)13-9-17-8-12(7-16)18-13/h3-6,8-9H,1-2H3,(H,19,20). The van der Waals surface area contributed by atoms with E-state index in [0.717, 1.165) is 5.56 Å². The molecular weight excluding hydrogens is 254 g/mol. The average molecular weight is 267 g/mol. The number of carboxylic acid groups (broad SMARTS) is 1. The molecule has 0 saturated carbocycles. The quantitative estimate of drug-likeness (QED) is 0.922. The van der Waals surface area contributed by atoms with Gasteiger partial charge in [0.25, 0.3) is 0 Å². The summed E-state index contributed by atoms with van der Waals surface area (Å²) < 4.78 is 0. The highest BCUT2D eigenvalue weighted by molar-refractivity contribution is 5.80. The molecular formula is C15H13N3O2. The molecule has 0 atom stereocenters. The molecule has 0 radical (unpaired) electrons. The van der Waals surface area contributed by atoms with Crippen molar-refractivity contribution in [3.63, 3.8) is 0 Å². The highest BCUT2D eigenvalue weighted by Gasteiger charge is 2.29. The SMILES string of the molecule is CC(C)(C(=O)O)c1ccc(-c2cncc(C#N)n2)cc1. The summed E-state index contributed by atoms with van der Waals surface area (Å²) >= 11 is 0. The lowest BCUT2D eigenvalue weighted by atomic mass is 9.84. The molecule has 0 aliphatic heterocycles. The van der Waals surface area contributed by atoms with Crippen molar-refractivity contribution >= 4 is 5.97 Å². The zero-order valence-electron chi connectivity index (χ0n) is 11.2. The first-order valence-corrected chi connectivity index (χ1v) is 6.01. The van der Waals surface area contributed by atoms with Crippen molar-refractivity contribution in [1.29, 1.82) is 5.26 Å². The van der Waals surface area contributed by atoms with Gasteiger partial charge in [0.1, 0.15) is 6.07 Å². The van der Waals surface area contributed by atoms with Crippen LogP contribution in [-0.2, 0) is 10.2 Å². The Bertz CT molecular complexity index is 685. The monoisotopic (exact) mass is 267 g/mol. The van der Waals surface area contributed by atoms with Crippen LogP contribution in [-0.4, -0.2) is 21.0 Å². The smallest absolute Gasteiger partial charge is 0.313 e. The molecule has 0 bridgehead atoms. The number of nitriles is 1. The van der Waals surface area contributed by atoms with Gasteiger partial charge in [0.2, 0.25) is 0 Å². The fourth-order valence-corrected chi connectivity index (χ4v) is 1.74. The van der Waals surface area contributed by atoms with Gasteiger partial charge >= 0.3 is 5.97 Å². The molecule has 2 aromatic rings. The molecule has 0 spiro atoms. The van der Waals surface area contributed by atoms with Crippen LogP contribution in [0.3, 0.4) is 0 Å². The van der Waals surface area contributed by atoms with Crippen molar-refractivity contribution < 1.29 is 9.90 Å². The molecule has 5 heteroatoms. The van der Waals surface area contributed by atoms with Crippen LogP contribution >= 0.6 is 0 Å². The summed E-state index contributed by atoms with van der Waals surface area (Å²) in [4.78, 5) is 19.3. The van der Waals surface area contributed by atoms with Crippen molar-refractivity contribution in [3.8, 4) is 17.3 Å². The zero-order chi connectivity index (χ0) is 14.8. The third-order valence-electron chi connectivity index (χ3n) is 3.19. The van der Waals surface area contributed by atoms with E-state index in [4.69, 9.17) is 5.26 Å².